The Morgan fingerprint density at radius 1 is 0.806 bits per heavy atom. The minimum atomic E-state index is -1.61. The molecule has 0 aliphatic heterocycles. The van der Waals surface area contributed by atoms with E-state index in [-0.39, 0.29) is 22.4 Å². The van der Waals surface area contributed by atoms with Crippen LogP contribution in [0.1, 0.15) is 68.9 Å². The van der Waals surface area contributed by atoms with Crippen LogP contribution in [0, 0.1) is 47.7 Å². The van der Waals surface area contributed by atoms with Gasteiger partial charge in [0, 0.05) is 16.7 Å². The highest BCUT2D eigenvalue weighted by Crippen LogP contribution is 2.46. The summed E-state index contributed by atoms with van der Waals surface area (Å²) in [5.41, 5.74) is -0.568. The Labute approximate surface area is 207 Å². The average molecular weight is 507 g/mol. The normalized spacial score (nSPS) is 17.9. The van der Waals surface area contributed by atoms with Crippen molar-refractivity contribution in [1.82, 2.24) is 0 Å². The van der Waals surface area contributed by atoms with Gasteiger partial charge >= 0.3 is 0 Å². The predicted octanol–water partition coefficient (Wildman–Crippen LogP) is 9.75. The van der Waals surface area contributed by atoms with Crippen molar-refractivity contribution < 1.29 is 31.1 Å². The lowest BCUT2D eigenvalue weighted by Crippen LogP contribution is -2.17. The molecule has 1 aliphatic carbocycles. The van der Waals surface area contributed by atoms with Gasteiger partial charge in [0.15, 0.2) is 40.7 Å². The third kappa shape index (κ3) is 5.11. The molecule has 0 unspecified atom stereocenters. The van der Waals surface area contributed by atoms with Gasteiger partial charge in [0.2, 0.25) is 0 Å². The molecule has 0 aromatic heterocycles. The summed E-state index contributed by atoms with van der Waals surface area (Å²) in [4.78, 5) is 0. The molecule has 0 N–H and O–H groups in total. The van der Waals surface area contributed by atoms with Gasteiger partial charge < -0.3 is 4.74 Å². The first-order chi connectivity index (χ1) is 17.2. The zero-order valence-corrected chi connectivity index (χ0v) is 20.2. The highest BCUT2D eigenvalue weighted by molar-refractivity contribution is 5.71. The maximum Gasteiger partial charge on any atom is 0.194 e. The topological polar surface area (TPSA) is 9.23 Å². The van der Waals surface area contributed by atoms with Crippen molar-refractivity contribution >= 4 is 0 Å². The molecule has 1 aliphatic rings. The molecular weight excluding hydrogens is 478 g/mol. The van der Waals surface area contributed by atoms with Crippen LogP contribution in [0.2, 0.25) is 0 Å². The molecule has 0 spiro atoms. The molecule has 0 bridgehead atoms. The number of para-hydroxylation sites is 1. The van der Waals surface area contributed by atoms with Crippen LogP contribution in [0.4, 0.5) is 26.3 Å². The first-order valence-electron chi connectivity index (χ1n) is 12.3. The van der Waals surface area contributed by atoms with E-state index in [1.54, 1.807) is 12.1 Å². The molecule has 0 radical (unpaired) electrons. The van der Waals surface area contributed by atoms with E-state index in [9.17, 15) is 17.6 Å². The minimum Gasteiger partial charge on any atom is -0.453 e. The third-order valence-corrected chi connectivity index (χ3v) is 7.15. The Kier molecular flexibility index (Phi) is 7.96. The number of halogens is 6. The van der Waals surface area contributed by atoms with Crippen molar-refractivity contribution in [1.29, 1.82) is 0 Å². The smallest absolute Gasteiger partial charge is 0.194 e. The van der Waals surface area contributed by atoms with Crippen LogP contribution in [-0.2, 0) is 0 Å². The van der Waals surface area contributed by atoms with Crippen LogP contribution in [0.15, 0.2) is 36.4 Å². The fourth-order valence-electron chi connectivity index (χ4n) is 5.08. The molecule has 0 amide bonds. The summed E-state index contributed by atoms with van der Waals surface area (Å²) < 4.78 is 92.5. The fourth-order valence-corrected chi connectivity index (χ4v) is 5.08. The lowest BCUT2D eigenvalue weighted by Gasteiger charge is -2.30. The Morgan fingerprint density at radius 3 is 2.08 bits per heavy atom. The predicted molar refractivity (Wildman–Crippen MR) is 127 cm³/mol. The molecule has 1 fully saturated rings. The maximum atomic E-state index is 15.4. The number of hydrogen-bond donors (Lipinski definition) is 0. The van der Waals surface area contributed by atoms with E-state index < -0.39 is 52.1 Å². The van der Waals surface area contributed by atoms with Crippen molar-refractivity contribution in [3.63, 3.8) is 0 Å². The molecule has 3 aromatic carbocycles. The highest BCUT2D eigenvalue weighted by atomic mass is 19.2. The van der Waals surface area contributed by atoms with Crippen LogP contribution in [0.5, 0.6) is 11.5 Å². The molecule has 0 heterocycles. The Morgan fingerprint density at radius 2 is 1.44 bits per heavy atom. The second-order valence-electron chi connectivity index (χ2n) is 9.52. The monoisotopic (exact) mass is 506 g/mol. The molecule has 1 nitrogen and oxygen atoms in total. The van der Waals surface area contributed by atoms with Gasteiger partial charge in [-0.1, -0.05) is 44.4 Å². The van der Waals surface area contributed by atoms with Crippen LogP contribution in [0.25, 0.3) is 11.1 Å². The number of benzene rings is 3. The summed E-state index contributed by atoms with van der Waals surface area (Å²) in [6, 6.07) is 7.60. The lowest BCUT2D eigenvalue weighted by molar-refractivity contribution is 0.292. The van der Waals surface area contributed by atoms with E-state index in [1.165, 1.54) is 12.1 Å². The molecule has 1 saturated carbocycles. The number of unbranched alkanes of at least 4 members (excludes halogenated alkanes) is 1. The molecule has 3 aromatic rings. The number of ether oxygens (including phenoxy) is 1. The Balaban J connectivity index is 1.75. The molecule has 0 saturated heterocycles. The van der Waals surface area contributed by atoms with E-state index in [1.807, 2.05) is 0 Å². The molecule has 0 atom stereocenters. The van der Waals surface area contributed by atoms with Crippen LogP contribution in [0.3, 0.4) is 0 Å². The molecule has 4 rings (SSSR count). The SMILES string of the molecule is CCCCC1CCC(c2c(F)c(F)c(C)c(F)c2Oc2ccccc2-c2cc(F)c(F)c(F)c2)CC1. The maximum absolute atomic E-state index is 15.4. The number of hydrogen-bond acceptors (Lipinski definition) is 1. The molecular formula is C29H28F6O. The first-order valence-corrected chi connectivity index (χ1v) is 12.3. The number of rotatable bonds is 7. The Bertz CT molecular complexity index is 1220. The van der Waals surface area contributed by atoms with Gasteiger partial charge in [0.25, 0.3) is 0 Å². The standard InChI is InChI=1S/C29H28F6O/c1-3-4-7-17-10-12-18(13-11-17)24-28(35)25(32)16(2)26(33)29(24)36-23-9-6-5-8-20(23)19-14-21(30)27(34)22(31)15-19/h5-6,8-9,14-15,17-18H,3-4,7,10-13H2,1-2H3. The van der Waals surface area contributed by atoms with Crippen molar-refractivity contribution in [2.24, 2.45) is 5.92 Å². The molecule has 7 heteroatoms. The van der Waals surface area contributed by atoms with Gasteiger partial charge in [0.1, 0.15) is 5.75 Å². The van der Waals surface area contributed by atoms with Crippen molar-refractivity contribution in [2.45, 2.75) is 64.7 Å². The minimum absolute atomic E-state index is 0.0231. The van der Waals surface area contributed by atoms with Gasteiger partial charge in [-0.05, 0) is 68.2 Å². The summed E-state index contributed by atoms with van der Waals surface area (Å²) in [7, 11) is 0. The van der Waals surface area contributed by atoms with Gasteiger partial charge in [-0.3, -0.25) is 0 Å². The van der Waals surface area contributed by atoms with Gasteiger partial charge in [0.05, 0.1) is 0 Å². The first kappa shape index (κ1) is 26.1. The third-order valence-electron chi connectivity index (χ3n) is 7.15. The van der Waals surface area contributed by atoms with E-state index in [2.05, 4.69) is 6.92 Å². The largest absolute Gasteiger partial charge is 0.453 e. The Hall–Kier alpha value is -2.96. The fraction of sp³-hybridized carbons (Fsp3) is 0.379. The summed E-state index contributed by atoms with van der Waals surface area (Å²) in [5, 5.41) is 0. The highest BCUT2D eigenvalue weighted by Gasteiger charge is 2.32. The molecule has 36 heavy (non-hydrogen) atoms. The second kappa shape index (κ2) is 11.0. The average Bonchev–Trinajstić information content (AvgIpc) is 2.88. The summed E-state index contributed by atoms with van der Waals surface area (Å²) >= 11 is 0. The van der Waals surface area contributed by atoms with Crippen LogP contribution < -0.4 is 4.74 Å². The molecule has 192 valence electrons. The van der Waals surface area contributed by atoms with Gasteiger partial charge in [-0.25, -0.2) is 26.3 Å². The summed E-state index contributed by atoms with van der Waals surface area (Å²) in [6.45, 7) is 3.25. The van der Waals surface area contributed by atoms with Crippen LogP contribution in [-0.4, -0.2) is 0 Å². The van der Waals surface area contributed by atoms with Crippen molar-refractivity contribution in [3.05, 3.63) is 82.4 Å². The van der Waals surface area contributed by atoms with E-state index >= 15 is 8.78 Å². The zero-order valence-electron chi connectivity index (χ0n) is 20.2. The van der Waals surface area contributed by atoms with Crippen molar-refractivity contribution in [3.8, 4) is 22.6 Å². The lowest BCUT2D eigenvalue weighted by atomic mass is 9.76. The summed E-state index contributed by atoms with van der Waals surface area (Å²) in [5.74, 6) is -8.21. The van der Waals surface area contributed by atoms with E-state index in [0.29, 0.717) is 18.8 Å². The van der Waals surface area contributed by atoms with Crippen LogP contribution >= 0.6 is 0 Å². The van der Waals surface area contributed by atoms with Crippen molar-refractivity contribution in [2.75, 3.05) is 0 Å². The zero-order chi connectivity index (χ0) is 26.0. The van der Waals surface area contributed by atoms with Gasteiger partial charge in [-0.15, -0.1) is 0 Å². The van der Waals surface area contributed by atoms with E-state index in [4.69, 9.17) is 4.74 Å². The van der Waals surface area contributed by atoms with E-state index in [0.717, 1.165) is 51.2 Å². The van der Waals surface area contributed by atoms with Gasteiger partial charge in [-0.2, -0.15) is 0 Å². The second-order valence-corrected chi connectivity index (χ2v) is 9.52. The quantitative estimate of drug-likeness (QED) is 0.176. The summed E-state index contributed by atoms with van der Waals surface area (Å²) in [6.07, 6.45) is 6.05.